The number of amides is 3. The molecule has 7 heteroatoms. The van der Waals surface area contributed by atoms with E-state index in [4.69, 9.17) is 5.73 Å². The second kappa shape index (κ2) is 7.16. The highest BCUT2D eigenvalue weighted by Crippen LogP contribution is 2.30. The summed E-state index contributed by atoms with van der Waals surface area (Å²) in [6.45, 7) is 0. The normalized spacial score (nSPS) is 15.0. The fraction of sp³-hybridized carbons (Fsp3) is 0.353. The van der Waals surface area contributed by atoms with Crippen LogP contribution in [0.15, 0.2) is 36.5 Å². The summed E-state index contributed by atoms with van der Waals surface area (Å²) >= 11 is 0. The summed E-state index contributed by atoms with van der Waals surface area (Å²) in [5.41, 5.74) is 6.03. The number of aromatic nitrogens is 2. The zero-order valence-electron chi connectivity index (χ0n) is 13.4. The summed E-state index contributed by atoms with van der Waals surface area (Å²) in [7, 11) is 0. The molecule has 0 unspecified atom stereocenters. The van der Waals surface area contributed by atoms with Gasteiger partial charge in [-0.15, -0.1) is 0 Å². The van der Waals surface area contributed by atoms with Gasteiger partial charge >= 0.3 is 6.03 Å². The molecule has 1 saturated carbocycles. The lowest BCUT2D eigenvalue weighted by molar-refractivity contribution is 0.102. The van der Waals surface area contributed by atoms with Crippen LogP contribution in [0.2, 0.25) is 0 Å². The summed E-state index contributed by atoms with van der Waals surface area (Å²) < 4.78 is 1.91. The molecule has 3 rings (SSSR count). The molecular weight excluding hydrogens is 306 g/mol. The molecule has 0 aliphatic heterocycles. The van der Waals surface area contributed by atoms with Gasteiger partial charge in [-0.3, -0.25) is 4.79 Å². The van der Waals surface area contributed by atoms with Crippen LogP contribution in [0.3, 0.4) is 0 Å². The number of urea groups is 1. The first-order valence-electron chi connectivity index (χ1n) is 8.15. The number of nitrogens with one attached hydrogen (secondary N) is 2. The van der Waals surface area contributed by atoms with Crippen molar-refractivity contribution in [3.63, 3.8) is 0 Å². The van der Waals surface area contributed by atoms with Crippen LogP contribution in [0.5, 0.6) is 0 Å². The number of carbonyl (C=O) groups is 2. The molecule has 3 amide bonds. The fourth-order valence-corrected chi connectivity index (χ4v) is 3.10. The predicted octanol–water partition coefficient (Wildman–Crippen LogP) is 3.13. The molecule has 1 aromatic carbocycles. The van der Waals surface area contributed by atoms with Crippen molar-refractivity contribution in [2.75, 3.05) is 10.6 Å². The average Bonchev–Trinajstić information content (AvgIpc) is 3.03. The summed E-state index contributed by atoms with van der Waals surface area (Å²) in [6, 6.07) is 8.11. The zero-order chi connectivity index (χ0) is 16.9. The first-order valence-corrected chi connectivity index (χ1v) is 8.15. The van der Waals surface area contributed by atoms with Crippen LogP contribution >= 0.6 is 0 Å². The number of hydrogen-bond donors (Lipinski definition) is 3. The first-order chi connectivity index (χ1) is 11.6. The Morgan fingerprint density at radius 1 is 1.12 bits per heavy atom. The number of rotatable bonds is 4. The van der Waals surface area contributed by atoms with E-state index in [2.05, 4.69) is 15.7 Å². The van der Waals surface area contributed by atoms with Gasteiger partial charge in [-0.2, -0.15) is 5.10 Å². The van der Waals surface area contributed by atoms with E-state index in [0.717, 1.165) is 12.8 Å². The molecule has 1 heterocycles. The minimum Gasteiger partial charge on any atom is -0.351 e. The van der Waals surface area contributed by atoms with Gasteiger partial charge in [0.25, 0.3) is 5.91 Å². The molecule has 2 aromatic rings. The SMILES string of the molecule is NC(=O)Nc1cccc(C(=O)Nc2ccnn2C2CCCCC2)c1. The van der Waals surface area contributed by atoms with E-state index >= 15 is 0 Å². The largest absolute Gasteiger partial charge is 0.351 e. The Kier molecular flexibility index (Phi) is 4.79. The van der Waals surface area contributed by atoms with Crippen molar-refractivity contribution in [2.45, 2.75) is 38.1 Å². The van der Waals surface area contributed by atoms with Gasteiger partial charge in [0.2, 0.25) is 0 Å². The Morgan fingerprint density at radius 3 is 2.67 bits per heavy atom. The lowest BCUT2D eigenvalue weighted by Crippen LogP contribution is -2.21. The number of primary amides is 1. The van der Waals surface area contributed by atoms with E-state index in [1.165, 1.54) is 19.3 Å². The topological polar surface area (TPSA) is 102 Å². The standard InChI is InChI=1S/C17H21N5O2/c18-17(24)20-13-6-4-5-12(11-13)16(23)21-15-9-10-19-22(15)14-7-2-1-3-8-14/h4-6,9-11,14H,1-3,7-8H2,(H,21,23)(H3,18,20,24). The lowest BCUT2D eigenvalue weighted by Gasteiger charge is -2.23. The summed E-state index contributed by atoms with van der Waals surface area (Å²) in [6.07, 6.45) is 7.52. The minimum atomic E-state index is -0.664. The summed E-state index contributed by atoms with van der Waals surface area (Å²) in [4.78, 5) is 23.4. The van der Waals surface area contributed by atoms with Gasteiger partial charge in [-0.25, -0.2) is 9.48 Å². The van der Waals surface area contributed by atoms with Gasteiger partial charge in [0.05, 0.1) is 12.2 Å². The Balaban J connectivity index is 1.73. The van der Waals surface area contributed by atoms with Gasteiger partial charge in [0, 0.05) is 17.3 Å². The zero-order valence-corrected chi connectivity index (χ0v) is 13.4. The van der Waals surface area contributed by atoms with Gasteiger partial charge in [0.1, 0.15) is 5.82 Å². The monoisotopic (exact) mass is 327 g/mol. The van der Waals surface area contributed by atoms with E-state index in [9.17, 15) is 9.59 Å². The molecule has 1 aromatic heterocycles. The molecule has 24 heavy (non-hydrogen) atoms. The third kappa shape index (κ3) is 3.73. The molecule has 0 radical (unpaired) electrons. The van der Waals surface area contributed by atoms with Gasteiger partial charge in [-0.05, 0) is 31.0 Å². The van der Waals surface area contributed by atoms with Crippen molar-refractivity contribution in [3.8, 4) is 0 Å². The molecule has 1 aliphatic carbocycles. The molecule has 1 aliphatic rings. The molecule has 1 fully saturated rings. The van der Waals surface area contributed by atoms with Crippen LogP contribution in [0, 0.1) is 0 Å². The summed E-state index contributed by atoms with van der Waals surface area (Å²) in [5, 5.41) is 9.74. The molecule has 126 valence electrons. The number of nitrogens with two attached hydrogens (primary N) is 1. The quantitative estimate of drug-likeness (QED) is 0.804. The predicted molar refractivity (Wildman–Crippen MR) is 92.0 cm³/mol. The van der Waals surface area contributed by atoms with Gasteiger partial charge < -0.3 is 16.4 Å². The number of anilines is 2. The van der Waals surface area contributed by atoms with Crippen molar-refractivity contribution < 1.29 is 9.59 Å². The van der Waals surface area contributed by atoms with Crippen molar-refractivity contribution in [1.29, 1.82) is 0 Å². The maximum atomic E-state index is 12.5. The van der Waals surface area contributed by atoms with Crippen molar-refractivity contribution in [2.24, 2.45) is 5.73 Å². The van der Waals surface area contributed by atoms with E-state index in [1.54, 1.807) is 36.5 Å². The van der Waals surface area contributed by atoms with Crippen LogP contribution < -0.4 is 16.4 Å². The van der Waals surface area contributed by atoms with Crippen LogP contribution in [0.25, 0.3) is 0 Å². The second-order valence-electron chi connectivity index (χ2n) is 5.98. The molecule has 0 atom stereocenters. The molecule has 0 bridgehead atoms. The molecule has 0 spiro atoms. The van der Waals surface area contributed by atoms with E-state index < -0.39 is 6.03 Å². The fourth-order valence-electron chi connectivity index (χ4n) is 3.10. The first kappa shape index (κ1) is 16.0. The van der Waals surface area contributed by atoms with E-state index in [-0.39, 0.29) is 5.91 Å². The van der Waals surface area contributed by atoms with Gasteiger partial charge in [0.15, 0.2) is 0 Å². The molecule has 4 N–H and O–H groups in total. The minimum absolute atomic E-state index is 0.249. The average molecular weight is 327 g/mol. The molecule has 7 nitrogen and oxygen atoms in total. The van der Waals surface area contributed by atoms with Gasteiger partial charge in [-0.1, -0.05) is 25.3 Å². The summed E-state index contributed by atoms with van der Waals surface area (Å²) in [5.74, 6) is 0.445. The lowest BCUT2D eigenvalue weighted by atomic mass is 9.96. The second-order valence-corrected chi connectivity index (χ2v) is 5.98. The van der Waals surface area contributed by atoms with Crippen molar-refractivity contribution in [1.82, 2.24) is 9.78 Å². The van der Waals surface area contributed by atoms with E-state index in [0.29, 0.717) is 23.1 Å². The third-order valence-electron chi connectivity index (χ3n) is 4.22. The maximum Gasteiger partial charge on any atom is 0.316 e. The smallest absolute Gasteiger partial charge is 0.316 e. The molecular formula is C17H21N5O2. The van der Waals surface area contributed by atoms with E-state index in [1.807, 2.05) is 4.68 Å². The Bertz CT molecular complexity index is 734. The van der Waals surface area contributed by atoms with Crippen LogP contribution in [0.1, 0.15) is 48.5 Å². The molecule has 0 saturated heterocycles. The van der Waals surface area contributed by atoms with Crippen LogP contribution in [-0.4, -0.2) is 21.7 Å². The number of hydrogen-bond acceptors (Lipinski definition) is 3. The number of nitrogens with zero attached hydrogens (tertiary/aromatic N) is 2. The Labute approximate surface area is 140 Å². The Hall–Kier alpha value is -2.83. The Morgan fingerprint density at radius 2 is 1.92 bits per heavy atom. The van der Waals surface area contributed by atoms with Crippen LogP contribution in [0.4, 0.5) is 16.3 Å². The third-order valence-corrected chi connectivity index (χ3v) is 4.22. The van der Waals surface area contributed by atoms with Crippen LogP contribution in [-0.2, 0) is 0 Å². The highest BCUT2D eigenvalue weighted by Gasteiger charge is 2.19. The van der Waals surface area contributed by atoms with Crippen molar-refractivity contribution >= 4 is 23.4 Å². The maximum absolute atomic E-state index is 12.5. The number of carbonyl (C=O) groups excluding carboxylic acids is 2. The number of benzene rings is 1. The highest BCUT2D eigenvalue weighted by molar-refractivity contribution is 6.04. The highest BCUT2D eigenvalue weighted by atomic mass is 16.2. The van der Waals surface area contributed by atoms with Crippen molar-refractivity contribution in [3.05, 3.63) is 42.1 Å².